The molecule has 2 heterocycles. The zero-order valence-electron chi connectivity index (χ0n) is 11.9. The van der Waals surface area contributed by atoms with Crippen LogP contribution in [-0.4, -0.2) is 57.4 Å². The van der Waals surface area contributed by atoms with E-state index in [9.17, 15) is 9.90 Å². The number of nitrogens with zero attached hydrogens (tertiary/aromatic N) is 4. The fraction of sp³-hybridized carbons (Fsp3) is 0.267. The second-order valence-electron chi connectivity index (χ2n) is 5.04. The van der Waals surface area contributed by atoms with Crippen LogP contribution in [-0.2, 0) is 0 Å². The molecule has 0 spiro atoms. The van der Waals surface area contributed by atoms with Crippen LogP contribution in [0.25, 0.3) is 11.3 Å². The van der Waals surface area contributed by atoms with Crippen LogP contribution in [0.4, 0.5) is 10.6 Å². The molecule has 0 atom stereocenters. The first-order chi connectivity index (χ1) is 10.6. The molecule has 7 nitrogen and oxygen atoms in total. The summed E-state index contributed by atoms with van der Waals surface area (Å²) in [7, 11) is 0. The lowest BCUT2D eigenvalue weighted by atomic mass is 10.1. The fourth-order valence-corrected chi connectivity index (χ4v) is 2.45. The van der Waals surface area contributed by atoms with Gasteiger partial charge in [-0.3, -0.25) is 4.98 Å². The second kappa shape index (κ2) is 5.88. The quantitative estimate of drug-likeness (QED) is 0.876. The minimum atomic E-state index is -0.895. The van der Waals surface area contributed by atoms with Gasteiger partial charge in [-0.15, -0.1) is 0 Å². The van der Waals surface area contributed by atoms with Crippen molar-refractivity contribution in [2.24, 2.45) is 0 Å². The van der Waals surface area contributed by atoms with Crippen LogP contribution >= 0.6 is 0 Å². The van der Waals surface area contributed by atoms with Gasteiger partial charge in [0, 0.05) is 31.7 Å². The third-order valence-corrected chi connectivity index (χ3v) is 3.68. The molecule has 1 aromatic heterocycles. The van der Waals surface area contributed by atoms with Gasteiger partial charge in [0.1, 0.15) is 11.6 Å². The molecule has 2 N–H and O–H groups in total. The third-order valence-electron chi connectivity index (χ3n) is 3.68. The summed E-state index contributed by atoms with van der Waals surface area (Å²) in [5.41, 5.74) is 1.22. The van der Waals surface area contributed by atoms with Crippen molar-refractivity contribution in [2.45, 2.75) is 0 Å². The summed E-state index contributed by atoms with van der Waals surface area (Å²) in [6.45, 7) is 2.03. The van der Waals surface area contributed by atoms with Gasteiger partial charge in [0.2, 0.25) is 0 Å². The van der Waals surface area contributed by atoms with Gasteiger partial charge < -0.3 is 20.0 Å². The number of amides is 1. The fourth-order valence-electron chi connectivity index (χ4n) is 2.45. The highest BCUT2D eigenvalue weighted by Crippen LogP contribution is 2.27. The number of aromatic nitrogens is 2. The van der Waals surface area contributed by atoms with E-state index in [2.05, 4.69) is 9.97 Å². The number of piperazine rings is 1. The zero-order chi connectivity index (χ0) is 15.5. The van der Waals surface area contributed by atoms with E-state index >= 15 is 0 Å². The first-order valence-corrected chi connectivity index (χ1v) is 6.98. The maximum atomic E-state index is 10.9. The van der Waals surface area contributed by atoms with Crippen molar-refractivity contribution in [3.8, 4) is 17.0 Å². The molecule has 7 heteroatoms. The Labute approximate surface area is 127 Å². The lowest BCUT2D eigenvalue weighted by Gasteiger charge is -2.33. The molecule has 114 valence electrons. The van der Waals surface area contributed by atoms with E-state index < -0.39 is 6.09 Å². The highest BCUT2D eigenvalue weighted by atomic mass is 16.4. The topological polar surface area (TPSA) is 89.8 Å². The molecule has 0 bridgehead atoms. The molecule has 22 heavy (non-hydrogen) atoms. The van der Waals surface area contributed by atoms with E-state index in [0.29, 0.717) is 43.3 Å². The number of benzene rings is 1. The van der Waals surface area contributed by atoms with Crippen LogP contribution < -0.4 is 4.90 Å². The molecule has 3 rings (SSSR count). The van der Waals surface area contributed by atoms with Gasteiger partial charge in [-0.1, -0.05) is 12.1 Å². The predicted molar refractivity (Wildman–Crippen MR) is 80.9 cm³/mol. The highest BCUT2D eigenvalue weighted by molar-refractivity contribution is 5.67. The van der Waals surface area contributed by atoms with Crippen LogP contribution in [0.3, 0.4) is 0 Å². The Hall–Kier alpha value is -2.83. The second-order valence-corrected chi connectivity index (χ2v) is 5.04. The molecular formula is C15H16N4O3. The first-order valence-electron chi connectivity index (χ1n) is 6.98. The number of para-hydroxylation sites is 1. The van der Waals surface area contributed by atoms with Gasteiger partial charge in [0.05, 0.1) is 18.1 Å². The summed E-state index contributed by atoms with van der Waals surface area (Å²) >= 11 is 0. The van der Waals surface area contributed by atoms with Crippen molar-refractivity contribution < 1.29 is 15.0 Å². The predicted octanol–water partition coefficient (Wildman–Crippen LogP) is 1.65. The summed E-state index contributed by atoms with van der Waals surface area (Å²) in [4.78, 5) is 23.0. The van der Waals surface area contributed by atoms with Crippen molar-refractivity contribution in [1.82, 2.24) is 14.9 Å². The van der Waals surface area contributed by atoms with Crippen molar-refractivity contribution >= 4 is 11.9 Å². The Bertz CT molecular complexity index is 684. The summed E-state index contributed by atoms with van der Waals surface area (Å²) in [5, 5.41) is 18.9. The van der Waals surface area contributed by atoms with Gasteiger partial charge >= 0.3 is 6.09 Å². The molecule has 0 radical (unpaired) electrons. The Balaban J connectivity index is 1.81. The Morgan fingerprint density at radius 3 is 2.50 bits per heavy atom. The third kappa shape index (κ3) is 2.78. The maximum absolute atomic E-state index is 10.9. The molecular weight excluding hydrogens is 284 g/mol. The van der Waals surface area contributed by atoms with Gasteiger partial charge in [-0.2, -0.15) is 0 Å². The number of aromatic hydroxyl groups is 1. The van der Waals surface area contributed by atoms with Crippen molar-refractivity contribution in [2.75, 3.05) is 31.1 Å². The molecule has 1 fully saturated rings. The number of rotatable bonds is 2. The van der Waals surface area contributed by atoms with Crippen LogP contribution in [0, 0.1) is 0 Å². The van der Waals surface area contributed by atoms with E-state index in [-0.39, 0.29) is 5.75 Å². The number of anilines is 1. The van der Waals surface area contributed by atoms with Crippen LogP contribution in [0.2, 0.25) is 0 Å². The number of hydrogen-bond donors (Lipinski definition) is 2. The summed E-state index contributed by atoms with van der Waals surface area (Å²) in [6, 6.07) is 6.97. The molecule has 1 aromatic carbocycles. The summed E-state index contributed by atoms with van der Waals surface area (Å²) < 4.78 is 0. The summed E-state index contributed by atoms with van der Waals surface area (Å²) in [5.74, 6) is 0.843. The Kier molecular flexibility index (Phi) is 3.78. The lowest BCUT2D eigenvalue weighted by molar-refractivity contribution is 0.142. The summed E-state index contributed by atoms with van der Waals surface area (Å²) in [6.07, 6.45) is 2.36. The number of phenols is 1. The Morgan fingerprint density at radius 2 is 1.82 bits per heavy atom. The van der Waals surface area contributed by atoms with Gasteiger partial charge in [0.15, 0.2) is 0 Å². The van der Waals surface area contributed by atoms with Crippen LogP contribution in [0.5, 0.6) is 5.75 Å². The molecule has 0 saturated carbocycles. The van der Waals surface area contributed by atoms with E-state index in [1.807, 2.05) is 11.0 Å². The molecule has 1 aliphatic rings. The standard InChI is InChI=1S/C15H16N4O3/c20-13-4-2-1-3-11(13)12-9-16-10-14(17-12)18-5-7-19(8-6-18)15(21)22/h1-4,9-10,20H,5-8H2,(H,21,22). The van der Waals surface area contributed by atoms with E-state index in [1.54, 1.807) is 30.6 Å². The number of hydrogen-bond acceptors (Lipinski definition) is 5. The molecule has 1 saturated heterocycles. The highest BCUT2D eigenvalue weighted by Gasteiger charge is 2.21. The molecule has 1 aliphatic heterocycles. The van der Waals surface area contributed by atoms with Gasteiger partial charge in [-0.25, -0.2) is 9.78 Å². The Morgan fingerprint density at radius 1 is 1.09 bits per heavy atom. The van der Waals surface area contributed by atoms with Gasteiger partial charge in [0.25, 0.3) is 0 Å². The van der Waals surface area contributed by atoms with E-state index in [4.69, 9.17) is 5.11 Å². The SMILES string of the molecule is O=C(O)N1CCN(c2cncc(-c3ccccc3O)n2)CC1. The molecule has 0 aliphatic carbocycles. The minimum absolute atomic E-state index is 0.157. The average Bonchev–Trinajstić information content (AvgIpc) is 2.55. The number of carboxylic acid groups (broad SMARTS) is 1. The van der Waals surface area contributed by atoms with Crippen molar-refractivity contribution in [3.05, 3.63) is 36.7 Å². The smallest absolute Gasteiger partial charge is 0.407 e. The maximum Gasteiger partial charge on any atom is 0.407 e. The van der Waals surface area contributed by atoms with Gasteiger partial charge in [-0.05, 0) is 12.1 Å². The van der Waals surface area contributed by atoms with Crippen LogP contribution in [0.15, 0.2) is 36.7 Å². The molecule has 2 aromatic rings. The van der Waals surface area contributed by atoms with Crippen molar-refractivity contribution in [3.63, 3.8) is 0 Å². The number of carbonyl (C=O) groups is 1. The molecule has 0 unspecified atom stereocenters. The van der Waals surface area contributed by atoms with E-state index in [1.165, 1.54) is 4.90 Å². The zero-order valence-corrected chi connectivity index (χ0v) is 11.9. The molecule has 1 amide bonds. The minimum Gasteiger partial charge on any atom is -0.507 e. The largest absolute Gasteiger partial charge is 0.507 e. The average molecular weight is 300 g/mol. The number of phenolic OH excluding ortho intramolecular Hbond substituents is 1. The van der Waals surface area contributed by atoms with Crippen LogP contribution in [0.1, 0.15) is 0 Å². The first kappa shape index (κ1) is 14.1. The normalized spacial score (nSPS) is 14.9. The monoisotopic (exact) mass is 300 g/mol. The van der Waals surface area contributed by atoms with Crippen molar-refractivity contribution in [1.29, 1.82) is 0 Å². The van der Waals surface area contributed by atoms with E-state index in [0.717, 1.165) is 0 Å². The lowest BCUT2D eigenvalue weighted by Crippen LogP contribution is -2.48.